The van der Waals surface area contributed by atoms with E-state index in [1.54, 1.807) is 10.4 Å². The van der Waals surface area contributed by atoms with Crippen LogP contribution in [-0.4, -0.2) is 24.9 Å². The molecule has 1 saturated carbocycles. The van der Waals surface area contributed by atoms with Crippen molar-refractivity contribution in [1.82, 2.24) is 9.55 Å². The van der Waals surface area contributed by atoms with Gasteiger partial charge in [-0.2, -0.15) is 0 Å². The van der Waals surface area contributed by atoms with E-state index in [-0.39, 0.29) is 0 Å². The largest absolute Gasteiger partial charge is 0.345 e. The Morgan fingerprint density at radius 3 is 1.88 bits per heavy atom. The van der Waals surface area contributed by atoms with Crippen LogP contribution in [0.5, 0.6) is 0 Å². The van der Waals surface area contributed by atoms with Crippen LogP contribution in [0, 0.1) is 0 Å². The standard InChI is InChI=1S/C36H37BN2Si/c1-6-16-30(17-7-1)28-35(31-18-8-2-9-19-31)37-36-38-26-27-39(36)29-40(32-20-10-3-11-21-32,33-22-12-4-13-23-33)34-24-14-5-15-25-34/h1-4,6-13,16-23,26-28,34,37H,5,14-15,24-25,29H2. The number of nitrogens with zero attached hydrogens (tertiary/aromatic N) is 2. The van der Waals surface area contributed by atoms with Gasteiger partial charge in [0.2, 0.25) is 7.28 Å². The van der Waals surface area contributed by atoms with Crippen LogP contribution in [0.3, 0.4) is 0 Å². The highest BCUT2D eigenvalue weighted by atomic mass is 28.3. The van der Waals surface area contributed by atoms with Crippen LogP contribution >= 0.6 is 0 Å². The van der Waals surface area contributed by atoms with Crippen LogP contribution in [0.4, 0.5) is 0 Å². The SMILES string of the molecule is B(C(=Cc1ccccc1)c1ccccc1)c1nccn1C[Si](c1ccccc1)(c1ccccc1)C1CCCCC1. The van der Waals surface area contributed by atoms with Crippen molar-refractivity contribution in [3.8, 4) is 0 Å². The summed E-state index contributed by atoms with van der Waals surface area (Å²) in [6, 6.07) is 44.4. The van der Waals surface area contributed by atoms with E-state index in [0.29, 0.717) is 0 Å². The average molecular weight is 537 g/mol. The molecule has 4 aromatic carbocycles. The Morgan fingerprint density at radius 1 is 0.725 bits per heavy atom. The van der Waals surface area contributed by atoms with Gasteiger partial charge < -0.3 is 4.57 Å². The zero-order valence-electron chi connectivity index (χ0n) is 23.2. The summed E-state index contributed by atoms with van der Waals surface area (Å²) in [7, 11) is -1.39. The van der Waals surface area contributed by atoms with Gasteiger partial charge in [0, 0.05) is 18.6 Å². The van der Waals surface area contributed by atoms with Crippen LogP contribution < -0.4 is 16.1 Å². The summed E-state index contributed by atoms with van der Waals surface area (Å²) in [5.74, 6) is 0. The molecular formula is C36H37BN2Si. The van der Waals surface area contributed by atoms with Gasteiger partial charge >= 0.3 is 0 Å². The van der Waals surface area contributed by atoms with E-state index in [4.69, 9.17) is 4.98 Å². The minimum atomic E-state index is -2.18. The molecule has 0 N–H and O–H groups in total. The number of aromatic nitrogens is 2. The molecule has 0 spiro atoms. The molecule has 0 radical (unpaired) electrons. The maximum absolute atomic E-state index is 4.98. The van der Waals surface area contributed by atoms with Gasteiger partial charge in [-0.1, -0.05) is 175 Å². The molecule has 5 aromatic rings. The van der Waals surface area contributed by atoms with Gasteiger partial charge in [0.15, 0.2) is 0 Å². The molecule has 4 heteroatoms. The molecule has 2 nitrogen and oxygen atoms in total. The van der Waals surface area contributed by atoms with Crippen molar-refractivity contribution in [2.75, 3.05) is 0 Å². The first-order valence-electron chi connectivity index (χ1n) is 14.7. The first kappa shape index (κ1) is 26.3. The van der Waals surface area contributed by atoms with Crippen LogP contribution in [0.15, 0.2) is 134 Å². The summed E-state index contributed by atoms with van der Waals surface area (Å²) in [6.07, 6.45) is 14.3. The van der Waals surface area contributed by atoms with Crippen molar-refractivity contribution >= 4 is 43.0 Å². The molecule has 1 aliphatic carbocycles. The molecule has 0 aliphatic heterocycles. The molecule has 1 aliphatic rings. The molecule has 0 saturated heterocycles. The highest BCUT2D eigenvalue weighted by Gasteiger charge is 2.45. The lowest BCUT2D eigenvalue weighted by Gasteiger charge is -2.42. The monoisotopic (exact) mass is 536 g/mol. The Morgan fingerprint density at radius 2 is 1.27 bits per heavy atom. The molecule has 0 amide bonds. The fourth-order valence-electron chi connectivity index (χ4n) is 6.75. The maximum Gasteiger partial charge on any atom is 0.239 e. The van der Waals surface area contributed by atoms with Crippen molar-refractivity contribution in [1.29, 1.82) is 0 Å². The number of benzene rings is 4. The van der Waals surface area contributed by atoms with Gasteiger partial charge in [0.25, 0.3) is 0 Å². The molecule has 1 aromatic heterocycles. The number of rotatable bonds is 9. The molecule has 40 heavy (non-hydrogen) atoms. The second kappa shape index (κ2) is 12.5. The van der Waals surface area contributed by atoms with Crippen molar-refractivity contribution in [3.63, 3.8) is 0 Å². The normalized spacial score (nSPS) is 14.7. The highest BCUT2D eigenvalue weighted by molar-refractivity contribution is 7.02. The lowest BCUT2D eigenvalue weighted by Crippen LogP contribution is -2.65. The lowest BCUT2D eigenvalue weighted by atomic mass is 9.65. The molecule has 1 heterocycles. The summed E-state index contributed by atoms with van der Waals surface area (Å²) in [6.45, 7) is 0. The molecular weight excluding hydrogens is 499 g/mol. The van der Waals surface area contributed by atoms with Crippen molar-refractivity contribution in [2.24, 2.45) is 0 Å². The maximum atomic E-state index is 4.98. The number of hydrogen-bond acceptors (Lipinski definition) is 1. The van der Waals surface area contributed by atoms with Crippen molar-refractivity contribution < 1.29 is 0 Å². The summed E-state index contributed by atoms with van der Waals surface area (Å²) in [4.78, 5) is 4.98. The van der Waals surface area contributed by atoms with E-state index >= 15 is 0 Å². The Kier molecular flexibility index (Phi) is 8.25. The fourth-order valence-corrected chi connectivity index (χ4v) is 12.4. The number of hydrogen-bond donors (Lipinski definition) is 0. The Labute approximate surface area is 240 Å². The predicted octanol–water partition coefficient (Wildman–Crippen LogP) is 6.28. The molecule has 198 valence electrons. The van der Waals surface area contributed by atoms with Crippen molar-refractivity contribution in [2.45, 2.75) is 43.8 Å². The van der Waals surface area contributed by atoms with E-state index in [0.717, 1.165) is 24.7 Å². The lowest BCUT2D eigenvalue weighted by molar-refractivity contribution is 0.491. The van der Waals surface area contributed by atoms with Crippen LogP contribution in [0.1, 0.15) is 43.2 Å². The van der Waals surface area contributed by atoms with E-state index in [2.05, 4.69) is 138 Å². The van der Waals surface area contributed by atoms with Gasteiger partial charge in [-0.25, -0.2) is 0 Å². The summed E-state index contributed by atoms with van der Waals surface area (Å²) >= 11 is 0. The smallest absolute Gasteiger partial charge is 0.239 e. The van der Waals surface area contributed by atoms with E-state index in [1.807, 2.05) is 6.20 Å². The first-order valence-corrected chi connectivity index (χ1v) is 17.0. The third kappa shape index (κ3) is 5.68. The van der Waals surface area contributed by atoms with Gasteiger partial charge in [-0.3, -0.25) is 4.98 Å². The van der Waals surface area contributed by atoms with Gasteiger partial charge in [0.05, 0.1) is 5.72 Å². The van der Waals surface area contributed by atoms with E-state index in [1.165, 1.54) is 48.7 Å². The average Bonchev–Trinajstić information content (AvgIpc) is 3.48. The summed E-state index contributed by atoms with van der Waals surface area (Å²) < 4.78 is 2.50. The van der Waals surface area contributed by atoms with Gasteiger partial charge in [-0.05, 0) is 16.7 Å². The Balaban J connectivity index is 1.44. The van der Waals surface area contributed by atoms with Crippen molar-refractivity contribution in [3.05, 3.63) is 145 Å². The minimum absolute atomic E-state index is 0.717. The van der Waals surface area contributed by atoms with Crippen LogP contribution in [0.2, 0.25) is 5.54 Å². The summed E-state index contributed by atoms with van der Waals surface area (Å²) in [5.41, 5.74) is 5.63. The van der Waals surface area contributed by atoms with E-state index in [9.17, 15) is 0 Å². The highest BCUT2D eigenvalue weighted by Crippen LogP contribution is 2.37. The molecule has 0 bridgehead atoms. The Hall–Kier alpha value is -3.89. The quantitative estimate of drug-likeness (QED) is 0.160. The molecule has 0 atom stereocenters. The topological polar surface area (TPSA) is 17.8 Å². The predicted molar refractivity (Wildman–Crippen MR) is 175 cm³/mol. The zero-order valence-corrected chi connectivity index (χ0v) is 24.2. The third-order valence-electron chi connectivity index (χ3n) is 8.73. The number of imidazole rings is 1. The van der Waals surface area contributed by atoms with Gasteiger partial charge in [-0.15, -0.1) is 0 Å². The van der Waals surface area contributed by atoms with Crippen LogP contribution in [-0.2, 0) is 6.17 Å². The zero-order chi connectivity index (χ0) is 27.0. The molecule has 1 fully saturated rings. The Bertz CT molecular complexity index is 1470. The molecule has 6 rings (SSSR count). The minimum Gasteiger partial charge on any atom is -0.345 e. The molecule has 0 unspecified atom stereocenters. The fraction of sp³-hybridized carbons (Fsp3) is 0.194. The third-order valence-corrected chi connectivity index (χ3v) is 14.3. The summed E-state index contributed by atoms with van der Waals surface area (Å²) in [5, 5.41) is 3.10. The first-order chi connectivity index (χ1) is 19.8. The van der Waals surface area contributed by atoms with Crippen LogP contribution in [0.25, 0.3) is 11.5 Å². The second-order valence-corrected chi connectivity index (χ2v) is 15.4. The second-order valence-electron chi connectivity index (χ2n) is 11.1. The van der Waals surface area contributed by atoms with E-state index < -0.39 is 8.07 Å². The van der Waals surface area contributed by atoms with Gasteiger partial charge in [0.1, 0.15) is 8.07 Å².